The van der Waals surface area contributed by atoms with Crippen LogP contribution in [-0.2, 0) is 23.4 Å². The monoisotopic (exact) mass is 470 g/mol. The minimum atomic E-state index is -0.608. The van der Waals surface area contributed by atoms with Gasteiger partial charge in [-0.15, -0.1) is 21.5 Å². The van der Waals surface area contributed by atoms with Gasteiger partial charge in [-0.2, -0.15) is 0 Å². The third kappa shape index (κ3) is 4.51. The van der Waals surface area contributed by atoms with Gasteiger partial charge >= 0.3 is 0 Å². The summed E-state index contributed by atoms with van der Waals surface area (Å²) in [5, 5.41) is 12.2. The lowest BCUT2D eigenvalue weighted by molar-refractivity contribution is -0.119. The number of anilines is 2. The number of nitrogens with two attached hydrogens (primary N) is 2. The number of carbonyl (C=O) groups is 2. The summed E-state index contributed by atoms with van der Waals surface area (Å²) in [7, 11) is 0. The molecule has 168 valence electrons. The molecule has 32 heavy (non-hydrogen) atoms. The number of nitrogen functional groups attached to an aromatic ring is 1. The van der Waals surface area contributed by atoms with Gasteiger partial charge in [-0.25, -0.2) is 0 Å². The molecule has 2 aromatic heterocycles. The summed E-state index contributed by atoms with van der Waals surface area (Å²) >= 11 is 2.93. The van der Waals surface area contributed by atoms with Crippen LogP contribution in [0.2, 0.25) is 0 Å². The highest BCUT2D eigenvalue weighted by atomic mass is 32.2. The number of amides is 2. The van der Waals surface area contributed by atoms with Crippen LogP contribution in [0.25, 0.3) is 0 Å². The number of benzene rings is 1. The van der Waals surface area contributed by atoms with Crippen molar-refractivity contribution in [1.82, 2.24) is 14.8 Å². The lowest BCUT2D eigenvalue weighted by Gasteiger charge is -2.19. The predicted molar refractivity (Wildman–Crippen MR) is 128 cm³/mol. The Morgan fingerprint density at radius 2 is 1.97 bits per heavy atom. The molecule has 0 bridgehead atoms. The highest BCUT2D eigenvalue weighted by Gasteiger charge is 2.29. The van der Waals surface area contributed by atoms with Gasteiger partial charge in [-0.3, -0.25) is 14.2 Å². The van der Waals surface area contributed by atoms with Crippen LogP contribution in [0.1, 0.15) is 58.6 Å². The number of thiophene rings is 1. The summed E-state index contributed by atoms with van der Waals surface area (Å²) in [6, 6.07) is 9.39. The van der Waals surface area contributed by atoms with Crippen molar-refractivity contribution >= 4 is 45.9 Å². The summed E-state index contributed by atoms with van der Waals surface area (Å²) in [5.74, 6) is 0.0982. The number of hydrogen-bond acceptors (Lipinski definition) is 7. The van der Waals surface area contributed by atoms with Crippen molar-refractivity contribution in [2.45, 2.75) is 56.0 Å². The molecule has 0 radical (unpaired) electrons. The Kier molecular flexibility index (Phi) is 6.80. The smallest absolute Gasteiger partial charge is 0.251 e. The second-order valence-corrected chi connectivity index (χ2v) is 9.73. The van der Waals surface area contributed by atoms with Crippen LogP contribution in [-0.4, -0.2) is 26.6 Å². The molecule has 2 amide bonds. The molecular weight excluding hydrogens is 444 g/mol. The first kappa shape index (κ1) is 22.3. The van der Waals surface area contributed by atoms with Crippen LogP contribution in [0.4, 0.5) is 10.9 Å². The van der Waals surface area contributed by atoms with Crippen LogP contribution in [0.3, 0.4) is 0 Å². The van der Waals surface area contributed by atoms with Crippen molar-refractivity contribution in [3.63, 3.8) is 0 Å². The van der Waals surface area contributed by atoms with Crippen molar-refractivity contribution in [3.05, 3.63) is 51.9 Å². The van der Waals surface area contributed by atoms with E-state index in [0.29, 0.717) is 27.9 Å². The Balaban J connectivity index is 1.57. The topological polar surface area (TPSA) is 129 Å². The fraction of sp³-hybridized carbons (Fsp3) is 0.364. The van der Waals surface area contributed by atoms with Crippen LogP contribution >= 0.6 is 23.1 Å². The molecule has 3 aromatic rings. The largest absolute Gasteiger partial charge is 0.368 e. The number of aromatic nitrogens is 3. The number of nitrogens with zero attached hydrogens (tertiary/aromatic N) is 3. The van der Waals surface area contributed by atoms with Gasteiger partial charge in [0.2, 0.25) is 11.9 Å². The number of fused-ring (bicyclic) bond motifs is 1. The minimum Gasteiger partial charge on any atom is -0.368 e. The molecule has 0 spiro atoms. The van der Waals surface area contributed by atoms with E-state index in [9.17, 15) is 9.59 Å². The van der Waals surface area contributed by atoms with Crippen LogP contribution in [0.5, 0.6) is 0 Å². The molecule has 0 saturated carbocycles. The Morgan fingerprint density at radius 3 is 2.69 bits per heavy atom. The van der Waals surface area contributed by atoms with E-state index in [1.807, 2.05) is 37.3 Å². The molecular formula is C22H26N6O2S2. The molecule has 1 aromatic carbocycles. The van der Waals surface area contributed by atoms with Crippen LogP contribution in [0.15, 0.2) is 35.5 Å². The van der Waals surface area contributed by atoms with Gasteiger partial charge in [0.15, 0.2) is 5.16 Å². The first-order valence-electron chi connectivity index (χ1n) is 10.6. The number of primary amides is 1. The van der Waals surface area contributed by atoms with Gasteiger partial charge in [0.05, 0.1) is 5.56 Å². The maximum Gasteiger partial charge on any atom is 0.251 e. The van der Waals surface area contributed by atoms with Gasteiger partial charge < -0.3 is 16.8 Å². The van der Waals surface area contributed by atoms with E-state index in [1.165, 1.54) is 23.1 Å². The van der Waals surface area contributed by atoms with Gasteiger partial charge in [0, 0.05) is 10.6 Å². The van der Waals surface area contributed by atoms with E-state index in [2.05, 4.69) is 15.5 Å². The highest BCUT2D eigenvalue weighted by Crippen LogP contribution is 2.38. The molecule has 4 rings (SSSR count). The summed E-state index contributed by atoms with van der Waals surface area (Å²) < 4.78 is 1.67. The highest BCUT2D eigenvalue weighted by molar-refractivity contribution is 7.98. The number of aryl methyl sites for hydroxylation is 1. The molecule has 10 heteroatoms. The molecule has 2 heterocycles. The molecule has 1 atom stereocenters. The van der Waals surface area contributed by atoms with Crippen LogP contribution < -0.4 is 16.8 Å². The van der Waals surface area contributed by atoms with Gasteiger partial charge in [-0.1, -0.05) is 49.0 Å². The third-order valence-electron chi connectivity index (χ3n) is 5.56. The Hall–Kier alpha value is -2.85. The fourth-order valence-electron chi connectivity index (χ4n) is 4.00. The van der Waals surface area contributed by atoms with Crippen molar-refractivity contribution < 1.29 is 9.59 Å². The van der Waals surface area contributed by atoms with Gasteiger partial charge in [-0.05, 0) is 43.2 Å². The SMILES string of the molecule is CCC(C(=O)Nc1sc2c(c1C(N)=O)CCCC2)n1c(N)nnc1SCc1ccccc1. The molecule has 1 aliphatic carbocycles. The average molecular weight is 471 g/mol. The van der Waals surface area contributed by atoms with E-state index in [-0.39, 0.29) is 11.9 Å². The Labute approximate surface area is 194 Å². The Bertz CT molecular complexity index is 1130. The van der Waals surface area contributed by atoms with E-state index < -0.39 is 11.9 Å². The standard InChI is InChI=1S/C22H26N6O2S2/c1-2-15(28-21(24)26-27-22(28)31-12-13-8-4-3-5-9-13)19(30)25-20-17(18(23)29)14-10-6-7-11-16(14)32-20/h3-5,8-9,15H,2,6-7,10-12H2,1H3,(H2,23,29)(H2,24,26)(H,25,30). The maximum absolute atomic E-state index is 13.3. The quantitative estimate of drug-likeness (QED) is 0.430. The maximum atomic E-state index is 13.3. The number of rotatable bonds is 8. The molecule has 0 aliphatic heterocycles. The zero-order valence-electron chi connectivity index (χ0n) is 17.8. The molecule has 8 nitrogen and oxygen atoms in total. The van der Waals surface area contributed by atoms with Gasteiger partial charge in [0.25, 0.3) is 5.91 Å². The summed E-state index contributed by atoms with van der Waals surface area (Å²) in [4.78, 5) is 26.6. The predicted octanol–water partition coefficient (Wildman–Crippen LogP) is 3.78. The summed E-state index contributed by atoms with van der Waals surface area (Å²) in [5.41, 5.74) is 14.3. The molecule has 1 unspecified atom stereocenters. The molecule has 5 N–H and O–H groups in total. The lowest BCUT2D eigenvalue weighted by atomic mass is 9.95. The van der Waals surface area contributed by atoms with E-state index >= 15 is 0 Å². The van der Waals surface area contributed by atoms with Crippen molar-refractivity contribution in [2.75, 3.05) is 11.1 Å². The summed E-state index contributed by atoms with van der Waals surface area (Å²) in [6.07, 6.45) is 4.32. The first-order valence-corrected chi connectivity index (χ1v) is 12.4. The minimum absolute atomic E-state index is 0.183. The summed E-state index contributed by atoms with van der Waals surface area (Å²) in [6.45, 7) is 1.91. The fourth-order valence-corrected chi connectivity index (χ4v) is 6.24. The lowest BCUT2D eigenvalue weighted by Crippen LogP contribution is -2.28. The average Bonchev–Trinajstić information content (AvgIpc) is 3.34. The second-order valence-electron chi connectivity index (χ2n) is 7.68. The van der Waals surface area contributed by atoms with E-state index in [4.69, 9.17) is 11.5 Å². The number of nitrogens with one attached hydrogen (secondary N) is 1. The number of thioether (sulfide) groups is 1. The van der Waals surface area contributed by atoms with Crippen molar-refractivity contribution in [1.29, 1.82) is 0 Å². The second kappa shape index (κ2) is 9.74. The zero-order chi connectivity index (χ0) is 22.7. The normalized spacial score (nSPS) is 14.0. The zero-order valence-corrected chi connectivity index (χ0v) is 19.5. The number of carbonyl (C=O) groups excluding carboxylic acids is 2. The Morgan fingerprint density at radius 1 is 1.22 bits per heavy atom. The van der Waals surface area contributed by atoms with E-state index in [0.717, 1.165) is 41.7 Å². The molecule has 0 saturated heterocycles. The molecule has 0 fully saturated rings. The van der Waals surface area contributed by atoms with Crippen molar-refractivity contribution in [2.24, 2.45) is 5.73 Å². The van der Waals surface area contributed by atoms with Crippen LogP contribution in [0, 0.1) is 0 Å². The third-order valence-corrected chi connectivity index (χ3v) is 7.78. The van der Waals surface area contributed by atoms with Gasteiger partial charge in [0.1, 0.15) is 11.0 Å². The first-order chi connectivity index (χ1) is 15.5. The van der Waals surface area contributed by atoms with Crippen molar-refractivity contribution in [3.8, 4) is 0 Å². The van der Waals surface area contributed by atoms with E-state index in [1.54, 1.807) is 4.57 Å². The molecule has 1 aliphatic rings. The number of hydrogen-bond donors (Lipinski definition) is 3.